The normalized spacial score (nSPS) is 11.4. The largest absolute Gasteiger partial charge is 0.456 e. The number of carbonyl (C=O) groups excluding carboxylic acids is 1. The Labute approximate surface area is 179 Å². The van der Waals surface area contributed by atoms with Gasteiger partial charge in [-0.25, -0.2) is 0 Å². The van der Waals surface area contributed by atoms with Crippen LogP contribution in [-0.2, 0) is 22.1 Å². The molecule has 162 valence electrons. The molecule has 0 saturated carbocycles. The van der Waals surface area contributed by atoms with E-state index >= 15 is 0 Å². The average molecular weight is 464 g/mol. The van der Waals surface area contributed by atoms with Crippen molar-refractivity contribution in [2.24, 2.45) is 0 Å². The number of ether oxygens (including phenoxy) is 2. The predicted molar refractivity (Wildman–Crippen MR) is 107 cm³/mol. The van der Waals surface area contributed by atoms with Crippen molar-refractivity contribution in [3.05, 3.63) is 62.7 Å². The lowest BCUT2D eigenvalue weighted by Crippen LogP contribution is -2.05. The summed E-state index contributed by atoms with van der Waals surface area (Å²) in [6, 6.07) is 6.36. The third-order valence-electron chi connectivity index (χ3n) is 3.83. The van der Waals surface area contributed by atoms with Gasteiger partial charge in [-0.3, -0.25) is 14.9 Å². The second kappa shape index (κ2) is 10.6. The molecule has 0 heterocycles. The number of thioether (sulfide) groups is 1. The molecule has 0 aliphatic carbocycles. The van der Waals surface area contributed by atoms with Crippen molar-refractivity contribution in [3.8, 4) is 11.5 Å². The maximum atomic E-state index is 12.7. The number of nitrogens with zero attached hydrogens (tertiary/aromatic N) is 1. The predicted octanol–water partition coefficient (Wildman–Crippen LogP) is 5.90. The quantitative estimate of drug-likeness (QED) is 0.262. The van der Waals surface area contributed by atoms with E-state index in [4.69, 9.17) is 21.1 Å². The van der Waals surface area contributed by atoms with E-state index in [9.17, 15) is 28.1 Å². The molecule has 6 nitrogen and oxygen atoms in total. The van der Waals surface area contributed by atoms with Crippen LogP contribution in [0, 0.1) is 10.1 Å². The van der Waals surface area contributed by atoms with Crippen LogP contribution in [0.5, 0.6) is 11.5 Å². The van der Waals surface area contributed by atoms with Crippen molar-refractivity contribution in [1.29, 1.82) is 0 Å². The summed E-state index contributed by atoms with van der Waals surface area (Å²) in [5.74, 6) is 0.567. The second-order valence-electron chi connectivity index (χ2n) is 6.04. The first-order valence-corrected chi connectivity index (χ1v) is 9.94. The maximum absolute atomic E-state index is 12.7. The lowest BCUT2D eigenvalue weighted by molar-refractivity contribution is -0.385. The molecule has 2 rings (SSSR count). The molecule has 0 spiro atoms. The molecule has 0 saturated heterocycles. The van der Waals surface area contributed by atoms with Gasteiger partial charge in [-0.05, 0) is 36.8 Å². The smallest absolute Gasteiger partial charge is 0.416 e. The molecule has 2 aromatic carbocycles. The summed E-state index contributed by atoms with van der Waals surface area (Å²) in [6.07, 6.45) is -4.10. The molecule has 0 radical (unpaired) electrons. The Balaban J connectivity index is 2.19. The Hall–Kier alpha value is -2.30. The minimum absolute atomic E-state index is 0.0512. The number of carbonyl (C=O) groups is 1. The zero-order valence-corrected chi connectivity index (χ0v) is 17.3. The summed E-state index contributed by atoms with van der Waals surface area (Å²) in [6.45, 7) is 0.498. The number of benzene rings is 2. The maximum Gasteiger partial charge on any atom is 0.416 e. The standard InChI is InChI=1S/C19H17ClF3NO5S/c1-28-7-2-8-30-18(25)10-12-9-14(4-5-16(12)24(26)27)29-17-6-3-13(11-15(17)20)19(21,22)23/h3-6,9,11H,2,7-8,10H2,1H3. The van der Waals surface area contributed by atoms with Crippen molar-refractivity contribution < 1.29 is 32.4 Å². The third kappa shape index (κ3) is 6.89. The molecule has 0 atom stereocenters. The van der Waals surface area contributed by atoms with Crippen LogP contribution in [0.2, 0.25) is 5.02 Å². The van der Waals surface area contributed by atoms with E-state index in [-0.39, 0.29) is 39.3 Å². The zero-order chi connectivity index (χ0) is 22.3. The highest BCUT2D eigenvalue weighted by Gasteiger charge is 2.31. The minimum Gasteiger partial charge on any atom is -0.456 e. The van der Waals surface area contributed by atoms with Crippen LogP contribution >= 0.6 is 23.4 Å². The van der Waals surface area contributed by atoms with E-state index in [0.717, 1.165) is 30.0 Å². The molecule has 11 heteroatoms. The van der Waals surface area contributed by atoms with Crippen LogP contribution < -0.4 is 4.74 Å². The monoisotopic (exact) mass is 463 g/mol. The third-order valence-corrected chi connectivity index (χ3v) is 5.08. The van der Waals surface area contributed by atoms with Crippen LogP contribution in [0.4, 0.5) is 18.9 Å². The number of nitro groups is 1. The number of nitro benzene ring substituents is 1. The van der Waals surface area contributed by atoms with E-state index in [0.29, 0.717) is 18.8 Å². The highest BCUT2D eigenvalue weighted by Crippen LogP contribution is 2.37. The number of alkyl halides is 3. The molecule has 0 bridgehead atoms. The van der Waals surface area contributed by atoms with E-state index in [2.05, 4.69) is 0 Å². The van der Waals surface area contributed by atoms with Gasteiger partial charge < -0.3 is 9.47 Å². The van der Waals surface area contributed by atoms with Crippen LogP contribution in [0.3, 0.4) is 0 Å². The van der Waals surface area contributed by atoms with E-state index in [1.54, 1.807) is 7.11 Å². The first-order chi connectivity index (χ1) is 14.1. The highest BCUT2D eigenvalue weighted by atomic mass is 35.5. The van der Waals surface area contributed by atoms with Crippen LogP contribution in [-0.4, -0.2) is 29.5 Å². The first kappa shape index (κ1) is 24.0. The van der Waals surface area contributed by atoms with Crippen LogP contribution in [0.1, 0.15) is 17.5 Å². The van der Waals surface area contributed by atoms with Crippen molar-refractivity contribution in [1.82, 2.24) is 0 Å². The first-order valence-electron chi connectivity index (χ1n) is 8.58. The molecule has 0 N–H and O–H groups in total. The van der Waals surface area contributed by atoms with Gasteiger partial charge in [0.25, 0.3) is 5.69 Å². The second-order valence-corrected chi connectivity index (χ2v) is 7.60. The number of halogens is 4. The number of methoxy groups -OCH3 is 1. The molecule has 0 amide bonds. The molecular weight excluding hydrogens is 447 g/mol. The molecule has 2 aromatic rings. The molecule has 0 fully saturated rings. The number of rotatable bonds is 9. The van der Waals surface area contributed by atoms with Gasteiger partial charge in [-0.2, -0.15) is 13.2 Å². The van der Waals surface area contributed by atoms with E-state index in [1.165, 1.54) is 18.2 Å². The molecule has 0 aliphatic rings. The summed E-state index contributed by atoms with van der Waals surface area (Å²) in [5.41, 5.74) is -1.06. The molecular formula is C19H17ClF3NO5S. The molecule has 0 unspecified atom stereocenters. The van der Waals surface area contributed by atoms with Crippen molar-refractivity contribution in [2.75, 3.05) is 19.5 Å². The fourth-order valence-corrected chi connectivity index (χ4v) is 3.39. The fourth-order valence-electron chi connectivity index (χ4n) is 2.43. The Morgan fingerprint density at radius 1 is 1.23 bits per heavy atom. The van der Waals surface area contributed by atoms with Crippen molar-refractivity contribution in [2.45, 2.75) is 19.0 Å². The van der Waals surface area contributed by atoms with Gasteiger partial charge in [0, 0.05) is 37.5 Å². The van der Waals surface area contributed by atoms with Gasteiger partial charge in [-0.15, -0.1) is 0 Å². The summed E-state index contributed by atoms with van der Waals surface area (Å²) >= 11 is 6.91. The van der Waals surface area contributed by atoms with E-state index < -0.39 is 16.7 Å². The van der Waals surface area contributed by atoms with Crippen molar-refractivity contribution >= 4 is 34.2 Å². The van der Waals surface area contributed by atoms with Gasteiger partial charge >= 0.3 is 6.18 Å². The lowest BCUT2D eigenvalue weighted by Gasteiger charge is -2.12. The van der Waals surface area contributed by atoms with E-state index in [1.807, 2.05) is 0 Å². The minimum atomic E-state index is -4.55. The number of hydrogen-bond acceptors (Lipinski definition) is 6. The Kier molecular flexibility index (Phi) is 8.51. The Bertz CT molecular complexity index is 924. The Morgan fingerprint density at radius 3 is 2.57 bits per heavy atom. The van der Waals surface area contributed by atoms with Gasteiger partial charge in [0.1, 0.15) is 11.5 Å². The van der Waals surface area contributed by atoms with Gasteiger partial charge in [-0.1, -0.05) is 23.4 Å². The average Bonchev–Trinajstić information content (AvgIpc) is 2.66. The summed E-state index contributed by atoms with van der Waals surface area (Å²) in [5, 5.41) is 10.7. The van der Waals surface area contributed by atoms with Gasteiger partial charge in [0.2, 0.25) is 0 Å². The lowest BCUT2D eigenvalue weighted by atomic mass is 10.1. The summed E-state index contributed by atoms with van der Waals surface area (Å²) < 4.78 is 48.6. The zero-order valence-electron chi connectivity index (χ0n) is 15.7. The SMILES string of the molecule is COCCCSC(=O)Cc1cc(Oc2ccc(C(F)(F)F)cc2Cl)ccc1[N+](=O)[O-]. The van der Waals surface area contributed by atoms with Gasteiger partial charge in [0.15, 0.2) is 5.12 Å². The summed E-state index contributed by atoms with van der Waals surface area (Å²) in [7, 11) is 1.55. The highest BCUT2D eigenvalue weighted by molar-refractivity contribution is 8.13. The molecule has 0 aromatic heterocycles. The summed E-state index contributed by atoms with van der Waals surface area (Å²) in [4.78, 5) is 22.8. The van der Waals surface area contributed by atoms with Crippen LogP contribution in [0.25, 0.3) is 0 Å². The van der Waals surface area contributed by atoms with Crippen molar-refractivity contribution in [3.63, 3.8) is 0 Å². The topological polar surface area (TPSA) is 78.7 Å². The number of hydrogen-bond donors (Lipinski definition) is 0. The van der Waals surface area contributed by atoms with Gasteiger partial charge in [0.05, 0.1) is 15.5 Å². The van der Waals surface area contributed by atoms with Crippen LogP contribution in [0.15, 0.2) is 36.4 Å². The fraction of sp³-hybridized carbons (Fsp3) is 0.316. The molecule has 30 heavy (non-hydrogen) atoms. The Morgan fingerprint density at radius 2 is 1.97 bits per heavy atom. The molecule has 0 aliphatic heterocycles.